The van der Waals surface area contributed by atoms with E-state index < -0.39 is 6.10 Å². The lowest BCUT2D eigenvalue weighted by Gasteiger charge is -2.22. The summed E-state index contributed by atoms with van der Waals surface area (Å²) in [5, 5.41) is 9.65. The van der Waals surface area contributed by atoms with Gasteiger partial charge in [-0.25, -0.2) is 0 Å². The monoisotopic (exact) mass is 180 g/mol. The van der Waals surface area contributed by atoms with Crippen molar-refractivity contribution >= 4 is 0 Å². The molecular weight excluding hydrogens is 168 g/mol. The van der Waals surface area contributed by atoms with Gasteiger partial charge in [0.05, 0.1) is 19.8 Å². The van der Waals surface area contributed by atoms with Crippen LogP contribution in [0.3, 0.4) is 0 Å². The molecule has 0 fully saturated rings. The number of methoxy groups -OCH3 is 1. The van der Waals surface area contributed by atoms with Gasteiger partial charge in [0.1, 0.15) is 11.5 Å². The van der Waals surface area contributed by atoms with Crippen LogP contribution in [0.5, 0.6) is 11.5 Å². The van der Waals surface area contributed by atoms with Crippen LogP contribution in [0.1, 0.15) is 18.1 Å². The van der Waals surface area contributed by atoms with Crippen molar-refractivity contribution in [2.45, 2.75) is 12.5 Å². The zero-order chi connectivity index (χ0) is 9.26. The molecule has 1 atom stereocenters. The number of benzene rings is 1. The van der Waals surface area contributed by atoms with E-state index in [2.05, 4.69) is 0 Å². The van der Waals surface area contributed by atoms with Gasteiger partial charge in [-0.2, -0.15) is 0 Å². The Hall–Kier alpha value is -1.22. The Morgan fingerprint density at radius 1 is 1.54 bits per heavy atom. The molecule has 13 heavy (non-hydrogen) atoms. The Kier molecular flexibility index (Phi) is 2.10. The third-order valence-corrected chi connectivity index (χ3v) is 2.22. The lowest BCUT2D eigenvalue weighted by Crippen LogP contribution is -2.13. The van der Waals surface area contributed by atoms with E-state index in [1.807, 2.05) is 18.2 Å². The first kappa shape index (κ1) is 8.38. The predicted molar refractivity (Wildman–Crippen MR) is 48.1 cm³/mol. The van der Waals surface area contributed by atoms with E-state index in [4.69, 9.17) is 9.47 Å². The van der Waals surface area contributed by atoms with Gasteiger partial charge >= 0.3 is 0 Å². The number of hydrogen-bond donors (Lipinski definition) is 1. The summed E-state index contributed by atoms with van der Waals surface area (Å²) in [6, 6.07) is 5.48. The molecule has 3 nitrogen and oxygen atoms in total. The van der Waals surface area contributed by atoms with E-state index in [0.717, 1.165) is 17.1 Å². The Balaban J connectivity index is 2.41. The largest absolute Gasteiger partial charge is 0.497 e. The van der Waals surface area contributed by atoms with E-state index in [0.29, 0.717) is 13.0 Å². The lowest BCUT2D eigenvalue weighted by molar-refractivity contribution is 0.115. The Morgan fingerprint density at radius 2 is 2.38 bits per heavy atom. The summed E-state index contributed by atoms with van der Waals surface area (Å²) >= 11 is 0. The van der Waals surface area contributed by atoms with Crippen molar-refractivity contribution in [3.8, 4) is 11.5 Å². The maximum absolute atomic E-state index is 9.65. The summed E-state index contributed by atoms with van der Waals surface area (Å²) in [6.45, 7) is 0.584. The van der Waals surface area contributed by atoms with Crippen molar-refractivity contribution < 1.29 is 14.6 Å². The molecule has 1 heterocycles. The van der Waals surface area contributed by atoms with Crippen LogP contribution in [0.2, 0.25) is 0 Å². The fourth-order valence-electron chi connectivity index (χ4n) is 1.48. The van der Waals surface area contributed by atoms with Crippen LogP contribution in [0, 0.1) is 0 Å². The summed E-state index contributed by atoms with van der Waals surface area (Å²) < 4.78 is 10.4. The molecule has 3 heteroatoms. The molecule has 1 aromatic rings. The zero-order valence-corrected chi connectivity index (χ0v) is 7.49. The van der Waals surface area contributed by atoms with Crippen molar-refractivity contribution in [1.29, 1.82) is 0 Å². The summed E-state index contributed by atoms with van der Waals surface area (Å²) in [5.41, 5.74) is 0.825. The first-order chi connectivity index (χ1) is 6.31. The number of fused-ring (bicyclic) bond motifs is 1. The van der Waals surface area contributed by atoms with E-state index in [9.17, 15) is 5.11 Å². The van der Waals surface area contributed by atoms with Gasteiger partial charge in [-0.1, -0.05) is 0 Å². The molecule has 70 valence electrons. The number of rotatable bonds is 1. The van der Waals surface area contributed by atoms with Crippen molar-refractivity contribution in [2.75, 3.05) is 13.7 Å². The standard InChI is InChI=1S/C10H12O3/c1-12-7-2-3-10-8(6-7)9(11)4-5-13-10/h2-3,6,9,11H,4-5H2,1H3/t9-/m1/s1. The second-order valence-corrected chi connectivity index (χ2v) is 3.06. The van der Waals surface area contributed by atoms with Gasteiger partial charge in [-0.3, -0.25) is 0 Å². The molecule has 1 aromatic carbocycles. The van der Waals surface area contributed by atoms with Crippen LogP contribution < -0.4 is 9.47 Å². The molecule has 0 saturated heterocycles. The molecule has 0 aliphatic carbocycles. The molecule has 0 radical (unpaired) electrons. The highest BCUT2D eigenvalue weighted by molar-refractivity contribution is 5.42. The van der Waals surface area contributed by atoms with Crippen LogP contribution in [0.15, 0.2) is 18.2 Å². The minimum absolute atomic E-state index is 0.418. The number of ether oxygens (including phenoxy) is 2. The normalized spacial score (nSPS) is 20.3. The molecule has 1 aliphatic heterocycles. The molecule has 0 bridgehead atoms. The number of hydrogen-bond acceptors (Lipinski definition) is 3. The summed E-state index contributed by atoms with van der Waals surface area (Å²) in [7, 11) is 1.61. The van der Waals surface area contributed by atoms with E-state index in [1.54, 1.807) is 7.11 Å². The highest BCUT2D eigenvalue weighted by atomic mass is 16.5. The van der Waals surface area contributed by atoms with Crippen molar-refractivity contribution in [3.05, 3.63) is 23.8 Å². The van der Waals surface area contributed by atoms with E-state index >= 15 is 0 Å². The second-order valence-electron chi connectivity index (χ2n) is 3.06. The van der Waals surface area contributed by atoms with Crippen LogP contribution in [0.25, 0.3) is 0 Å². The molecule has 0 unspecified atom stereocenters. The third kappa shape index (κ3) is 1.47. The van der Waals surface area contributed by atoms with E-state index in [1.165, 1.54) is 0 Å². The van der Waals surface area contributed by atoms with Gasteiger partial charge in [-0.05, 0) is 18.2 Å². The number of aliphatic hydroxyl groups is 1. The SMILES string of the molecule is COc1ccc2c(c1)[C@H](O)CCO2. The van der Waals surface area contributed by atoms with Crippen LogP contribution in [-0.2, 0) is 0 Å². The maximum Gasteiger partial charge on any atom is 0.125 e. The first-order valence-electron chi connectivity index (χ1n) is 4.30. The van der Waals surface area contributed by atoms with Crippen molar-refractivity contribution in [1.82, 2.24) is 0 Å². The molecule has 0 aromatic heterocycles. The average Bonchev–Trinajstić information content (AvgIpc) is 2.18. The van der Waals surface area contributed by atoms with Gasteiger partial charge in [-0.15, -0.1) is 0 Å². The minimum Gasteiger partial charge on any atom is -0.497 e. The predicted octanol–water partition coefficient (Wildman–Crippen LogP) is 1.51. The molecule has 1 N–H and O–H groups in total. The smallest absolute Gasteiger partial charge is 0.125 e. The Morgan fingerprint density at radius 3 is 3.15 bits per heavy atom. The Bertz CT molecular complexity index is 309. The molecule has 0 amide bonds. The van der Waals surface area contributed by atoms with Crippen LogP contribution in [-0.4, -0.2) is 18.8 Å². The van der Waals surface area contributed by atoms with Crippen LogP contribution in [0.4, 0.5) is 0 Å². The van der Waals surface area contributed by atoms with Gasteiger partial charge in [0.2, 0.25) is 0 Å². The number of aliphatic hydroxyl groups excluding tert-OH is 1. The fourth-order valence-corrected chi connectivity index (χ4v) is 1.48. The van der Waals surface area contributed by atoms with Crippen molar-refractivity contribution in [3.63, 3.8) is 0 Å². The van der Waals surface area contributed by atoms with Gasteiger partial charge in [0.25, 0.3) is 0 Å². The Labute approximate surface area is 76.9 Å². The molecular formula is C10H12O3. The molecule has 0 saturated carbocycles. The van der Waals surface area contributed by atoms with Gasteiger partial charge in [0.15, 0.2) is 0 Å². The minimum atomic E-state index is -0.418. The van der Waals surface area contributed by atoms with Crippen LogP contribution >= 0.6 is 0 Å². The fraction of sp³-hybridized carbons (Fsp3) is 0.400. The molecule has 1 aliphatic rings. The summed E-state index contributed by atoms with van der Waals surface area (Å²) in [6.07, 6.45) is 0.235. The summed E-state index contributed by atoms with van der Waals surface area (Å²) in [5.74, 6) is 1.52. The highest BCUT2D eigenvalue weighted by Gasteiger charge is 2.19. The molecule has 2 rings (SSSR count). The lowest BCUT2D eigenvalue weighted by atomic mass is 10.0. The van der Waals surface area contributed by atoms with E-state index in [-0.39, 0.29) is 0 Å². The van der Waals surface area contributed by atoms with Crippen molar-refractivity contribution in [2.24, 2.45) is 0 Å². The highest BCUT2D eigenvalue weighted by Crippen LogP contribution is 2.34. The van der Waals surface area contributed by atoms with Gasteiger partial charge < -0.3 is 14.6 Å². The average molecular weight is 180 g/mol. The topological polar surface area (TPSA) is 38.7 Å². The maximum atomic E-state index is 9.65. The summed E-state index contributed by atoms with van der Waals surface area (Å²) in [4.78, 5) is 0. The zero-order valence-electron chi connectivity index (χ0n) is 7.49. The third-order valence-electron chi connectivity index (χ3n) is 2.22. The quantitative estimate of drug-likeness (QED) is 0.712. The van der Waals surface area contributed by atoms with Gasteiger partial charge in [0, 0.05) is 12.0 Å². The molecule has 0 spiro atoms. The first-order valence-corrected chi connectivity index (χ1v) is 4.30. The second kappa shape index (κ2) is 3.26.